The van der Waals surface area contributed by atoms with Gasteiger partial charge in [0.2, 0.25) is 5.75 Å². The van der Waals surface area contributed by atoms with E-state index < -0.39 is 53.8 Å². The Morgan fingerprint density at radius 2 is 1.46 bits per heavy atom. The fourth-order valence-electron chi connectivity index (χ4n) is 4.25. The average molecular weight is 512 g/mol. The smallest absolute Gasteiger partial charge is 0.480 e. The summed E-state index contributed by atoms with van der Waals surface area (Å²) in [7, 11) is 0. The van der Waals surface area contributed by atoms with E-state index in [1.54, 1.807) is 6.07 Å². The zero-order chi connectivity index (χ0) is 25.8. The lowest BCUT2D eigenvalue weighted by atomic mass is 9.77. The van der Waals surface area contributed by atoms with Crippen LogP contribution in [-0.4, -0.2) is 19.1 Å². The second kappa shape index (κ2) is 10.9. The van der Waals surface area contributed by atoms with Gasteiger partial charge in [-0.05, 0) is 55.2 Å². The molecular formula is C24H24F8O3. The van der Waals surface area contributed by atoms with E-state index in [1.807, 2.05) is 0 Å². The number of ether oxygens (including phenoxy) is 3. The van der Waals surface area contributed by atoms with Crippen LogP contribution in [0.1, 0.15) is 56.9 Å². The molecule has 1 aliphatic carbocycles. The van der Waals surface area contributed by atoms with Crippen molar-refractivity contribution in [3.05, 3.63) is 53.3 Å². The first kappa shape index (κ1) is 26.9. The minimum atomic E-state index is -5.39. The van der Waals surface area contributed by atoms with Crippen molar-refractivity contribution in [3.8, 4) is 17.2 Å². The van der Waals surface area contributed by atoms with Gasteiger partial charge in [-0.3, -0.25) is 0 Å². The van der Waals surface area contributed by atoms with Gasteiger partial charge < -0.3 is 14.2 Å². The van der Waals surface area contributed by atoms with Crippen LogP contribution >= 0.6 is 0 Å². The zero-order valence-corrected chi connectivity index (χ0v) is 18.7. The fourth-order valence-corrected chi connectivity index (χ4v) is 4.25. The lowest BCUT2D eigenvalue weighted by molar-refractivity contribution is -0.276. The molecular weight excluding hydrogens is 488 g/mol. The third-order valence-corrected chi connectivity index (χ3v) is 5.82. The monoisotopic (exact) mass is 512 g/mol. The molecule has 0 bridgehead atoms. The molecule has 11 heteroatoms. The first-order chi connectivity index (χ1) is 16.4. The molecule has 2 aromatic carbocycles. The highest BCUT2D eigenvalue weighted by Gasteiger charge is 2.37. The summed E-state index contributed by atoms with van der Waals surface area (Å²) in [5.41, 5.74) is 0.750. The molecule has 0 amide bonds. The number of benzene rings is 2. The third kappa shape index (κ3) is 7.63. The standard InChI is InChI=1S/C24H24F8O3/c1-2-3-14-4-6-15(7-5-14)16-8-9-21(18(25)10-16)33-13-23(28,29)34-17-11-19(26)22(20(27)12-17)35-24(30,31)32/h8-12,14-15H,2-7,13H2,1H3. The molecule has 35 heavy (non-hydrogen) atoms. The minimum absolute atomic E-state index is 0.0999. The van der Waals surface area contributed by atoms with E-state index in [1.165, 1.54) is 12.1 Å². The van der Waals surface area contributed by atoms with Crippen molar-refractivity contribution >= 4 is 0 Å². The van der Waals surface area contributed by atoms with Crippen molar-refractivity contribution in [2.75, 3.05) is 6.61 Å². The quantitative estimate of drug-likeness (QED) is 0.318. The molecule has 194 valence electrons. The Balaban J connectivity index is 1.60. The van der Waals surface area contributed by atoms with Gasteiger partial charge in [0, 0.05) is 12.1 Å². The van der Waals surface area contributed by atoms with Gasteiger partial charge in [-0.25, -0.2) is 13.2 Å². The molecule has 0 aromatic heterocycles. The molecule has 0 atom stereocenters. The van der Waals surface area contributed by atoms with Gasteiger partial charge in [-0.2, -0.15) is 8.78 Å². The maximum Gasteiger partial charge on any atom is 0.573 e. The van der Waals surface area contributed by atoms with Gasteiger partial charge in [0.1, 0.15) is 5.75 Å². The van der Waals surface area contributed by atoms with Gasteiger partial charge in [0.05, 0.1) is 0 Å². The average Bonchev–Trinajstić information content (AvgIpc) is 2.75. The van der Waals surface area contributed by atoms with Crippen LogP contribution in [0.25, 0.3) is 0 Å². The third-order valence-electron chi connectivity index (χ3n) is 5.82. The summed E-state index contributed by atoms with van der Waals surface area (Å²) in [6.07, 6.45) is -3.38. The molecule has 0 spiro atoms. The molecule has 0 aliphatic heterocycles. The number of rotatable bonds is 9. The van der Waals surface area contributed by atoms with E-state index in [0.717, 1.165) is 44.1 Å². The SMILES string of the molecule is CCCC1CCC(c2ccc(OCC(F)(F)Oc3cc(F)c(OC(F)(F)F)c(F)c3)c(F)c2)CC1. The normalized spacial score (nSPS) is 18.9. The Morgan fingerprint density at radius 1 is 0.829 bits per heavy atom. The first-order valence-electron chi connectivity index (χ1n) is 11.1. The van der Waals surface area contributed by atoms with Gasteiger partial charge in [-0.1, -0.05) is 25.8 Å². The van der Waals surface area contributed by atoms with Gasteiger partial charge >= 0.3 is 12.5 Å². The van der Waals surface area contributed by atoms with Crippen molar-refractivity contribution in [1.29, 1.82) is 0 Å². The summed E-state index contributed by atoms with van der Waals surface area (Å²) in [5.74, 6) is -7.21. The van der Waals surface area contributed by atoms with Crippen molar-refractivity contribution in [2.45, 2.75) is 63.8 Å². The summed E-state index contributed by atoms with van der Waals surface area (Å²) >= 11 is 0. The lowest BCUT2D eigenvalue weighted by Gasteiger charge is -2.28. The van der Waals surface area contributed by atoms with E-state index in [9.17, 15) is 35.1 Å². The van der Waals surface area contributed by atoms with Crippen LogP contribution in [0, 0.1) is 23.4 Å². The van der Waals surface area contributed by atoms with Gasteiger partial charge in [0.25, 0.3) is 0 Å². The van der Waals surface area contributed by atoms with Crippen LogP contribution < -0.4 is 14.2 Å². The molecule has 0 N–H and O–H groups in total. The van der Waals surface area contributed by atoms with E-state index in [4.69, 9.17) is 4.74 Å². The molecule has 0 heterocycles. The van der Waals surface area contributed by atoms with Crippen LogP contribution in [0.3, 0.4) is 0 Å². The molecule has 2 aromatic rings. The zero-order valence-electron chi connectivity index (χ0n) is 18.7. The minimum Gasteiger partial charge on any atom is -0.480 e. The fraction of sp³-hybridized carbons (Fsp3) is 0.500. The van der Waals surface area contributed by atoms with E-state index in [0.29, 0.717) is 5.92 Å². The second-order valence-electron chi connectivity index (χ2n) is 8.49. The first-order valence-corrected chi connectivity index (χ1v) is 11.1. The summed E-state index contributed by atoms with van der Waals surface area (Å²) in [6, 6.07) is 4.27. The van der Waals surface area contributed by atoms with Crippen LogP contribution in [0.15, 0.2) is 30.3 Å². The maximum atomic E-state index is 14.5. The van der Waals surface area contributed by atoms with Gasteiger partial charge in [-0.15, -0.1) is 13.2 Å². The molecule has 0 radical (unpaired) electrons. The predicted molar refractivity (Wildman–Crippen MR) is 110 cm³/mol. The number of hydrogen-bond donors (Lipinski definition) is 0. The largest absolute Gasteiger partial charge is 0.573 e. The van der Waals surface area contributed by atoms with E-state index in [-0.39, 0.29) is 18.1 Å². The lowest BCUT2D eigenvalue weighted by Crippen LogP contribution is -2.32. The molecule has 0 unspecified atom stereocenters. The molecule has 1 fully saturated rings. The van der Waals surface area contributed by atoms with Gasteiger partial charge in [0.15, 0.2) is 29.8 Å². The highest BCUT2D eigenvalue weighted by atomic mass is 19.4. The second-order valence-corrected chi connectivity index (χ2v) is 8.49. The topological polar surface area (TPSA) is 27.7 Å². The van der Waals surface area contributed by atoms with Crippen LogP contribution in [-0.2, 0) is 0 Å². The van der Waals surface area contributed by atoms with E-state index in [2.05, 4.69) is 16.4 Å². The Morgan fingerprint density at radius 3 is 2.00 bits per heavy atom. The summed E-state index contributed by atoms with van der Waals surface area (Å²) < 4.78 is 119. The Labute approximate surface area is 197 Å². The predicted octanol–water partition coefficient (Wildman–Crippen LogP) is 8.13. The molecule has 3 nitrogen and oxygen atoms in total. The molecule has 1 saturated carbocycles. The Kier molecular flexibility index (Phi) is 8.38. The number of halogens is 8. The van der Waals surface area contributed by atoms with E-state index >= 15 is 0 Å². The number of hydrogen-bond acceptors (Lipinski definition) is 3. The van der Waals surface area contributed by atoms with Crippen molar-refractivity contribution in [2.24, 2.45) is 5.92 Å². The maximum absolute atomic E-state index is 14.5. The highest BCUT2D eigenvalue weighted by Crippen LogP contribution is 2.39. The van der Waals surface area contributed by atoms with Crippen LogP contribution in [0.2, 0.25) is 0 Å². The summed E-state index contributed by atoms with van der Waals surface area (Å²) in [4.78, 5) is 0. The van der Waals surface area contributed by atoms with Crippen LogP contribution in [0.5, 0.6) is 17.2 Å². The van der Waals surface area contributed by atoms with Crippen LogP contribution in [0.4, 0.5) is 35.1 Å². The molecule has 0 saturated heterocycles. The van der Waals surface area contributed by atoms with Crippen molar-refractivity contribution in [1.82, 2.24) is 0 Å². The summed E-state index contributed by atoms with van der Waals surface area (Å²) in [6.45, 7) is 0.615. The molecule has 3 rings (SSSR count). The Bertz CT molecular complexity index is 978. The summed E-state index contributed by atoms with van der Waals surface area (Å²) in [5, 5.41) is 0. The molecule has 1 aliphatic rings. The number of alkyl halides is 5. The Hall–Kier alpha value is -2.72. The van der Waals surface area contributed by atoms with Crippen molar-refractivity contribution < 1.29 is 49.3 Å². The van der Waals surface area contributed by atoms with Crippen molar-refractivity contribution in [3.63, 3.8) is 0 Å². The highest BCUT2D eigenvalue weighted by molar-refractivity contribution is 5.35.